The van der Waals surface area contributed by atoms with Gasteiger partial charge in [0.25, 0.3) is 5.69 Å². The molecule has 0 aliphatic carbocycles. The smallest absolute Gasteiger partial charge is 0.273 e. The van der Waals surface area contributed by atoms with Crippen molar-refractivity contribution >= 4 is 17.3 Å². The topological polar surface area (TPSA) is 116 Å². The van der Waals surface area contributed by atoms with Crippen LogP contribution in [0.15, 0.2) is 18.2 Å². The molecule has 0 spiro atoms. The van der Waals surface area contributed by atoms with Crippen molar-refractivity contribution in [1.82, 2.24) is 0 Å². The van der Waals surface area contributed by atoms with Gasteiger partial charge in [-0.25, -0.2) is 0 Å². The summed E-state index contributed by atoms with van der Waals surface area (Å²) in [6.45, 7) is 2.84. The Kier molecular flexibility index (Phi) is 3.52. The molecule has 0 radical (unpaired) electrons. The van der Waals surface area contributed by atoms with Gasteiger partial charge in [-0.1, -0.05) is 0 Å². The van der Waals surface area contributed by atoms with E-state index in [2.05, 4.69) is 5.32 Å². The number of nitro benzene ring substituents is 1. The molecule has 7 nitrogen and oxygen atoms in total. The highest BCUT2D eigenvalue weighted by molar-refractivity contribution is 5.97. The number of aromatic hydroxyl groups is 1. The Balaban J connectivity index is 2.98. The normalized spacial score (nSPS) is 10.5. The molecule has 1 aromatic carbocycles. The Labute approximate surface area is 103 Å². The molecule has 1 aromatic rings. The number of nitrogens with one attached hydrogen (secondary N) is 1. The van der Waals surface area contributed by atoms with Crippen molar-refractivity contribution in [2.24, 2.45) is 5.41 Å². The van der Waals surface area contributed by atoms with Crippen LogP contribution in [0, 0.1) is 26.9 Å². The first kappa shape index (κ1) is 13.4. The number of nitriles is 1. The monoisotopic (exact) mass is 249 g/mol. The van der Waals surface area contributed by atoms with E-state index < -0.39 is 22.0 Å². The number of rotatable bonds is 3. The van der Waals surface area contributed by atoms with Crippen molar-refractivity contribution in [2.45, 2.75) is 13.8 Å². The van der Waals surface area contributed by atoms with Gasteiger partial charge in [-0.2, -0.15) is 5.26 Å². The lowest BCUT2D eigenvalue weighted by atomic mass is 9.94. The van der Waals surface area contributed by atoms with E-state index in [1.54, 1.807) is 0 Å². The Morgan fingerprint density at radius 2 is 2.17 bits per heavy atom. The molecular weight excluding hydrogens is 238 g/mol. The number of hydrogen-bond donors (Lipinski definition) is 2. The zero-order valence-electron chi connectivity index (χ0n) is 9.80. The van der Waals surface area contributed by atoms with Gasteiger partial charge in [0, 0.05) is 6.07 Å². The van der Waals surface area contributed by atoms with Crippen molar-refractivity contribution in [3.63, 3.8) is 0 Å². The molecule has 0 fully saturated rings. The Morgan fingerprint density at radius 1 is 1.56 bits per heavy atom. The third-order valence-corrected chi connectivity index (χ3v) is 2.29. The highest BCUT2D eigenvalue weighted by Gasteiger charge is 2.28. The van der Waals surface area contributed by atoms with E-state index in [9.17, 15) is 20.0 Å². The molecule has 1 amide bonds. The molecular formula is C11H11N3O4. The lowest BCUT2D eigenvalue weighted by molar-refractivity contribution is -0.384. The zero-order valence-corrected chi connectivity index (χ0v) is 9.80. The first-order valence-corrected chi connectivity index (χ1v) is 4.98. The van der Waals surface area contributed by atoms with Crippen molar-refractivity contribution < 1.29 is 14.8 Å². The second kappa shape index (κ2) is 4.71. The number of carbonyl (C=O) groups is 1. The summed E-state index contributed by atoms with van der Waals surface area (Å²) in [7, 11) is 0. The molecule has 0 aliphatic heterocycles. The van der Waals surface area contributed by atoms with Crippen LogP contribution in [0.2, 0.25) is 0 Å². The molecule has 0 aliphatic rings. The number of non-ortho nitro benzene ring substituents is 1. The largest absolute Gasteiger partial charge is 0.506 e. The van der Waals surface area contributed by atoms with E-state index in [1.807, 2.05) is 6.07 Å². The van der Waals surface area contributed by atoms with Crippen LogP contribution in [0.5, 0.6) is 5.75 Å². The second-order valence-electron chi connectivity index (χ2n) is 4.15. The van der Waals surface area contributed by atoms with Crippen molar-refractivity contribution in [1.29, 1.82) is 5.26 Å². The van der Waals surface area contributed by atoms with Gasteiger partial charge in [0.1, 0.15) is 11.2 Å². The van der Waals surface area contributed by atoms with E-state index in [4.69, 9.17) is 5.26 Å². The minimum Gasteiger partial charge on any atom is -0.506 e. The fourth-order valence-electron chi connectivity index (χ4n) is 1.07. The van der Waals surface area contributed by atoms with Crippen molar-refractivity contribution in [3.05, 3.63) is 28.3 Å². The van der Waals surface area contributed by atoms with Gasteiger partial charge in [-0.3, -0.25) is 14.9 Å². The number of benzene rings is 1. The lowest BCUT2D eigenvalue weighted by Gasteiger charge is -2.15. The Hall–Kier alpha value is -2.62. The number of nitrogens with zero attached hydrogens (tertiary/aromatic N) is 2. The molecule has 7 heteroatoms. The maximum Gasteiger partial charge on any atom is 0.273 e. The molecule has 0 atom stereocenters. The molecule has 0 saturated carbocycles. The molecule has 0 unspecified atom stereocenters. The van der Waals surface area contributed by atoms with Crippen LogP contribution >= 0.6 is 0 Å². The molecule has 2 N–H and O–H groups in total. The molecule has 0 aromatic heterocycles. The van der Waals surface area contributed by atoms with Gasteiger partial charge in [-0.05, 0) is 19.9 Å². The molecule has 0 bridgehead atoms. The number of amides is 1. The second-order valence-corrected chi connectivity index (χ2v) is 4.15. The highest BCUT2D eigenvalue weighted by Crippen LogP contribution is 2.29. The molecule has 18 heavy (non-hydrogen) atoms. The van der Waals surface area contributed by atoms with Gasteiger partial charge in [-0.15, -0.1) is 0 Å². The van der Waals surface area contributed by atoms with E-state index >= 15 is 0 Å². The van der Waals surface area contributed by atoms with Crippen LogP contribution in [0.3, 0.4) is 0 Å². The zero-order chi connectivity index (χ0) is 13.9. The molecule has 1 rings (SSSR count). The van der Waals surface area contributed by atoms with Crippen molar-refractivity contribution in [2.75, 3.05) is 5.32 Å². The Bertz CT molecular complexity index is 546. The number of carbonyl (C=O) groups excluding carboxylic acids is 1. The summed E-state index contributed by atoms with van der Waals surface area (Å²) in [5, 5.41) is 31.1. The van der Waals surface area contributed by atoms with Crippen LogP contribution in [0.1, 0.15) is 13.8 Å². The van der Waals surface area contributed by atoms with E-state index in [-0.39, 0.29) is 11.4 Å². The SMILES string of the molecule is CC(C)(C#N)C(=O)Nc1ccc([N+](=O)[O-])cc1O. The number of phenols is 1. The number of phenolic OH excluding ortho intramolecular Hbond substituents is 1. The average molecular weight is 249 g/mol. The van der Waals surface area contributed by atoms with Gasteiger partial charge in [0.2, 0.25) is 5.91 Å². The van der Waals surface area contributed by atoms with Crippen LogP contribution in [0.25, 0.3) is 0 Å². The summed E-state index contributed by atoms with van der Waals surface area (Å²) in [5.74, 6) is -1.03. The lowest BCUT2D eigenvalue weighted by Crippen LogP contribution is -2.29. The summed E-state index contributed by atoms with van der Waals surface area (Å²) in [6, 6.07) is 5.09. The number of anilines is 1. The fraction of sp³-hybridized carbons (Fsp3) is 0.273. The summed E-state index contributed by atoms with van der Waals surface area (Å²) in [6.07, 6.45) is 0. The predicted octanol–water partition coefficient (Wildman–Crippen LogP) is 1.79. The van der Waals surface area contributed by atoms with E-state index in [0.29, 0.717) is 0 Å². The quantitative estimate of drug-likeness (QED) is 0.481. The number of nitro groups is 1. The maximum atomic E-state index is 11.7. The predicted molar refractivity (Wildman–Crippen MR) is 62.8 cm³/mol. The summed E-state index contributed by atoms with van der Waals surface area (Å²) < 4.78 is 0. The number of hydrogen-bond acceptors (Lipinski definition) is 5. The first-order valence-electron chi connectivity index (χ1n) is 4.98. The van der Waals surface area contributed by atoms with Crippen LogP contribution in [0.4, 0.5) is 11.4 Å². The summed E-state index contributed by atoms with van der Waals surface area (Å²) in [4.78, 5) is 21.5. The van der Waals surface area contributed by atoms with Crippen LogP contribution in [-0.2, 0) is 4.79 Å². The minimum atomic E-state index is -1.26. The maximum absolute atomic E-state index is 11.7. The first-order chi connectivity index (χ1) is 8.27. The van der Waals surface area contributed by atoms with Gasteiger partial charge >= 0.3 is 0 Å². The van der Waals surface area contributed by atoms with Gasteiger partial charge < -0.3 is 10.4 Å². The summed E-state index contributed by atoms with van der Waals surface area (Å²) in [5.41, 5.74) is -1.52. The minimum absolute atomic E-state index is 0.0222. The average Bonchev–Trinajstić information content (AvgIpc) is 2.31. The van der Waals surface area contributed by atoms with E-state index in [1.165, 1.54) is 19.9 Å². The van der Waals surface area contributed by atoms with Crippen LogP contribution < -0.4 is 5.32 Å². The molecule has 0 heterocycles. The standard InChI is InChI=1S/C11H11N3O4/c1-11(2,6-12)10(16)13-8-4-3-7(14(17)18)5-9(8)15/h3-5,15H,1-2H3,(H,13,16). The van der Waals surface area contributed by atoms with Crippen molar-refractivity contribution in [3.8, 4) is 11.8 Å². The highest BCUT2D eigenvalue weighted by atomic mass is 16.6. The Morgan fingerprint density at radius 3 is 2.61 bits per heavy atom. The summed E-state index contributed by atoms with van der Waals surface area (Å²) >= 11 is 0. The van der Waals surface area contributed by atoms with Gasteiger partial charge in [0.15, 0.2) is 0 Å². The third-order valence-electron chi connectivity index (χ3n) is 2.29. The van der Waals surface area contributed by atoms with Crippen LogP contribution in [-0.4, -0.2) is 15.9 Å². The van der Waals surface area contributed by atoms with Gasteiger partial charge in [0.05, 0.1) is 22.7 Å². The molecule has 94 valence electrons. The molecule has 0 saturated heterocycles. The fourth-order valence-corrected chi connectivity index (χ4v) is 1.07. The van der Waals surface area contributed by atoms with E-state index in [0.717, 1.165) is 12.1 Å². The third kappa shape index (κ3) is 2.74.